The second kappa shape index (κ2) is 5.47. The summed E-state index contributed by atoms with van der Waals surface area (Å²) in [7, 11) is 0. The van der Waals surface area contributed by atoms with Crippen molar-refractivity contribution in [2.24, 2.45) is 5.92 Å². The summed E-state index contributed by atoms with van der Waals surface area (Å²) in [4.78, 5) is 4.30. The third-order valence-corrected chi connectivity index (χ3v) is 3.48. The lowest BCUT2D eigenvalue weighted by molar-refractivity contribution is 0.137. The largest absolute Gasteiger partial charge is 0.387 e. The van der Waals surface area contributed by atoms with Crippen molar-refractivity contribution in [3.63, 3.8) is 0 Å². The molecule has 1 unspecified atom stereocenters. The number of aliphatic hydroxyl groups is 1. The number of aryl methyl sites for hydroxylation is 1. The van der Waals surface area contributed by atoms with Gasteiger partial charge in [-0.15, -0.1) is 11.3 Å². The molecule has 1 atom stereocenters. The molecule has 1 aromatic rings. The molecule has 1 rings (SSSR count). The van der Waals surface area contributed by atoms with E-state index in [-0.39, 0.29) is 6.10 Å². The van der Waals surface area contributed by atoms with E-state index < -0.39 is 0 Å². The molecule has 14 heavy (non-hydrogen) atoms. The highest BCUT2D eigenvalue weighted by molar-refractivity contribution is 7.09. The van der Waals surface area contributed by atoms with Crippen molar-refractivity contribution in [1.82, 2.24) is 4.98 Å². The highest BCUT2D eigenvalue weighted by atomic mass is 32.1. The summed E-state index contributed by atoms with van der Waals surface area (Å²) in [6.45, 7) is 6.32. The molecule has 0 aliphatic carbocycles. The van der Waals surface area contributed by atoms with E-state index in [0.29, 0.717) is 5.92 Å². The van der Waals surface area contributed by atoms with Gasteiger partial charge in [-0.05, 0) is 19.3 Å². The fourth-order valence-corrected chi connectivity index (χ4v) is 2.25. The number of hydrogen-bond acceptors (Lipinski definition) is 3. The first kappa shape index (κ1) is 11.7. The van der Waals surface area contributed by atoms with Crippen LogP contribution in [0.25, 0.3) is 0 Å². The van der Waals surface area contributed by atoms with Gasteiger partial charge >= 0.3 is 0 Å². The van der Waals surface area contributed by atoms with Crippen molar-refractivity contribution in [3.8, 4) is 0 Å². The van der Waals surface area contributed by atoms with E-state index >= 15 is 0 Å². The maximum Gasteiger partial charge on any atom is 0.0971 e. The molecule has 0 saturated carbocycles. The maximum absolute atomic E-state index is 9.91. The van der Waals surface area contributed by atoms with Crippen LogP contribution in [0.3, 0.4) is 0 Å². The van der Waals surface area contributed by atoms with Crippen molar-refractivity contribution >= 4 is 11.3 Å². The van der Waals surface area contributed by atoms with Gasteiger partial charge in [0.05, 0.1) is 16.8 Å². The Bertz CT molecular complexity index is 268. The minimum Gasteiger partial charge on any atom is -0.387 e. The van der Waals surface area contributed by atoms with Gasteiger partial charge in [-0.1, -0.05) is 26.7 Å². The number of nitrogens with zero attached hydrogens (tertiary/aromatic N) is 1. The van der Waals surface area contributed by atoms with Crippen LogP contribution in [0.2, 0.25) is 0 Å². The zero-order valence-corrected chi connectivity index (χ0v) is 9.97. The number of thiazole rings is 1. The normalized spacial score (nSPS) is 13.5. The lowest BCUT2D eigenvalue weighted by Crippen LogP contribution is -2.06. The molecular formula is C11H19NOS. The molecule has 0 spiro atoms. The summed E-state index contributed by atoms with van der Waals surface area (Å²) in [6.07, 6.45) is 2.74. The second-order valence-corrected chi connectivity index (χ2v) is 4.79. The van der Waals surface area contributed by atoms with Gasteiger partial charge in [0, 0.05) is 5.38 Å². The van der Waals surface area contributed by atoms with E-state index in [4.69, 9.17) is 0 Å². The monoisotopic (exact) mass is 213 g/mol. The van der Waals surface area contributed by atoms with Crippen LogP contribution in [0.5, 0.6) is 0 Å². The van der Waals surface area contributed by atoms with Crippen LogP contribution in [0, 0.1) is 12.8 Å². The van der Waals surface area contributed by atoms with Crippen molar-refractivity contribution in [2.75, 3.05) is 0 Å². The molecule has 0 aliphatic rings. The van der Waals surface area contributed by atoms with Gasteiger partial charge in [0.1, 0.15) is 0 Å². The number of hydrogen-bond donors (Lipinski definition) is 1. The molecule has 0 aromatic carbocycles. The van der Waals surface area contributed by atoms with Gasteiger partial charge in [0.15, 0.2) is 0 Å². The third-order valence-electron chi connectivity index (χ3n) is 2.69. The Morgan fingerprint density at radius 1 is 1.43 bits per heavy atom. The van der Waals surface area contributed by atoms with E-state index in [2.05, 4.69) is 18.8 Å². The van der Waals surface area contributed by atoms with E-state index in [1.165, 1.54) is 0 Å². The predicted octanol–water partition coefficient (Wildman–Crippen LogP) is 3.31. The first-order valence-corrected chi connectivity index (χ1v) is 6.15. The zero-order chi connectivity index (χ0) is 10.6. The van der Waals surface area contributed by atoms with E-state index in [1.54, 1.807) is 11.3 Å². The van der Waals surface area contributed by atoms with Gasteiger partial charge in [-0.2, -0.15) is 0 Å². The molecule has 0 aliphatic heterocycles. The molecule has 1 heterocycles. The molecule has 1 N–H and O–H groups in total. The Morgan fingerprint density at radius 2 is 2.07 bits per heavy atom. The molecule has 0 amide bonds. The van der Waals surface area contributed by atoms with Crippen LogP contribution in [0.1, 0.15) is 49.9 Å². The Morgan fingerprint density at radius 3 is 2.50 bits per heavy atom. The molecule has 2 nitrogen and oxygen atoms in total. The second-order valence-electron chi connectivity index (χ2n) is 3.73. The minimum absolute atomic E-state index is 0.371. The van der Waals surface area contributed by atoms with Gasteiger partial charge in [-0.25, -0.2) is 4.98 Å². The zero-order valence-electron chi connectivity index (χ0n) is 9.16. The first-order chi connectivity index (χ1) is 6.67. The number of rotatable bonds is 5. The Hall–Kier alpha value is -0.410. The van der Waals surface area contributed by atoms with Gasteiger partial charge < -0.3 is 5.11 Å². The Balaban J connectivity index is 2.53. The molecule has 3 heteroatoms. The van der Waals surface area contributed by atoms with E-state index in [0.717, 1.165) is 30.0 Å². The van der Waals surface area contributed by atoms with Crippen molar-refractivity contribution in [1.29, 1.82) is 0 Å². The standard InChI is InChI=1S/C11H19NOS/c1-4-9(5-2)6-11(13)10-7-14-8(3)12-10/h7,9,11,13H,4-6H2,1-3H3. The highest BCUT2D eigenvalue weighted by Gasteiger charge is 2.15. The number of aliphatic hydroxyl groups excluding tert-OH is 1. The summed E-state index contributed by atoms with van der Waals surface area (Å²) in [5, 5.41) is 12.9. The molecule has 0 saturated heterocycles. The lowest BCUT2D eigenvalue weighted by Gasteiger charge is -2.15. The molecule has 0 radical (unpaired) electrons. The molecule has 0 fully saturated rings. The summed E-state index contributed by atoms with van der Waals surface area (Å²) in [5.41, 5.74) is 0.847. The van der Waals surface area contributed by atoms with Crippen LogP contribution in [-0.4, -0.2) is 10.1 Å². The highest BCUT2D eigenvalue weighted by Crippen LogP contribution is 2.25. The average Bonchev–Trinajstić information content (AvgIpc) is 2.61. The van der Waals surface area contributed by atoms with Crippen molar-refractivity contribution in [2.45, 2.75) is 46.1 Å². The molecular weight excluding hydrogens is 194 g/mol. The SMILES string of the molecule is CCC(CC)CC(O)c1csc(C)n1. The fraction of sp³-hybridized carbons (Fsp3) is 0.727. The predicted molar refractivity (Wildman–Crippen MR) is 60.5 cm³/mol. The summed E-state index contributed by atoms with van der Waals surface area (Å²) in [6, 6.07) is 0. The van der Waals surface area contributed by atoms with Crippen LogP contribution in [-0.2, 0) is 0 Å². The average molecular weight is 213 g/mol. The van der Waals surface area contributed by atoms with Crippen LogP contribution in [0.4, 0.5) is 0 Å². The van der Waals surface area contributed by atoms with E-state index in [9.17, 15) is 5.11 Å². The first-order valence-electron chi connectivity index (χ1n) is 5.27. The van der Waals surface area contributed by atoms with Gasteiger partial charge in [0.2, 0.25) is 0 Å². The summed E-state index contributed by atoms with van der Waals surface area (Å²) >= 11 is 1.60. The minimum atomic E-state index is -0.371. The third kappa shape index (κ3) is 3.07. The Labute approximate surface area is 90.0 Å². The fourth-order valence-electron chi connectivity index (χ4n) is 1.59. The van der Waals surface area contributed by atoms with Crippen LogP contribution in [0.15, 0.2) is 5.38 Å². The van der Waals surface area contributed by atoms with Crippen molar-refractivity contribution < 1.29 is 5.11 Å². The number of aromatic nitrogens is 1. The van der Waals surface area contributed by atoms with E-state index in [1.807, 2.05) is 12.3 Å². The lowest BCUT2D eigenvalue weighted by atomic mass is 9.95. The molecule has 0 bridgehead atoms. The van der Waals surface area contributed by atoms with Crippen LogP contribution >= 0.6 is 11.3 Å². The maximum atomic E-state index is 9.91. The Kier molecular flexibility index (Phi) is 4.55. The smallest absolute Gasteiger partial charge is 0.0971 e. The summed E-state index contributed by atoms with van der Waals surface area (Å²) < 4.78 is 0. The molecule has 80 valence electrons. The van der Waals surface area contributed by atoms with Gasteiger partial charge in [-0.3, -0.25) is 0 Å². The van der Waals surface area contributed by atoms with Crippen molar-refractivity contribution in [3.05, 3.63) is 16.1 Å². The van der Waals surface area contributed by atoms with Crippen LogP contribution < -0.4 is 0 Å². The van der Waals surface area contributed by atoms with Gasteiger partial charge in [0.25, 0.3) is 0 Å². The quantitative estimate of drug-likeness (QED) is 0.814. The topological polar surface area (TPSA) is 33.1 Å². The summed E-state index contributed by atoms with van der Waals surface area (Å²) in [5.74, 6) is 0.618. The molecule has 1 aromatic heterocycles.